The molecule has 24 heavy (non-hydrogen) atoms. The van der Waals surface area contributed by atoms with Crippen LogP contribution in [0, 0.1) is 6.92 Å². The Labute approximate surface area is 149 Å². The van der Waals surface area contributed by atoms with E-state index in [0.29, 0.717) is 17.9 Å². The molecule has 1 aliphatic rings. The first kappa shape index (κ1) is 17.0. The normalized spacial score (nSPS) is 17.5. The van der Waals surface area contributed by atoms with Gasteiger partial charge >= 0.3 is 0 Å². The molecule has 2 N–H and O–H groups in total. The molecule has 128 valence electrons. The third-order valence-corrected chi connectivity index (χ3v) is 4.50. The monoisotopic (exact) mass is 393 g/mol. The smallest absolute Gasteiger partial charge is 0.251 e. The highest BCUT2D eigenvalue weighted by atomic mass is 79.9. The van der Waals surface area contributed by atoms with E-state index >= 15 is 0 Å². The van der Waals surface area contributed by atoms with Gasteiger partial charge in [0.1, 0.15) is 23.8 Å². The van der Waals surface area contributed by atoms with Crippen LogP contribution < -0.4 is 15.4 Å². The van der Waals surface area contributed by atoms with Crippen LogP contribution in [0.1, 0.15) is 34.7 Å². The largest absolute Gasteiger partial charge is 0.486 e. The first-order chi connectivity index (χ1) is 11.6. The van der Waals surface area contributed by atoms with Crippen molar-refractivity contribution < 1.29 is 14.1 Å². The average molecular weight is 394 g/mol. The second kappa shape index (κ2) is 7.81. The van der Waals surface area contributed by atoms with Crippen molar-refractivity contribution in [3.8, 4) is 5.75 Å². The van der Waals surface area contributed by atoms with E-state index in [9.17, 15) is 4.79 Å². The number of benzene rings is 1. The summed E-state index contributed by atoms with van der Waals surface area (Å²) in [6, 6.07) is 7.34. The third-order valence-electron chi connectivity index (χ3n) is 3.88. The van der Waals surface area contributed by atoms with Crippen LogP contribution in [-0.2, 0) is 6.61 Å². The molecule has 0 bridgehead atoms. The molecule has 1 amide bonds. The summed E-state index contributed by atoms with van der Waals surface area (Å²) < 4.78 is 11.4. The molecule has 2 aromatic rings. The molecule has 0 radical (unpaired) electrons. The van der Waals surface area contributed by atoms with Gasteiger partial charge in [-0.05, 0) is 60.4 Å². The lowest BCUT2D eigenvalue weighted by molar-refractivity contribution is 0.0930. The molecular weight excluding hydrogens is 374 g/mol. The molecule has 1 fully saturated rings. The second-order valence-corrected chi connectivity index (χ2v) is 6.73. The van der Waals surface area contributed by atoms with Gasteiger partial charge in [-0.1, -0.05) is 5.16 Å². The van der Waals surface area contributed by atoms with Gasteiger partial charge in [0.05, 0.1) is 4.47 Å². The van der Waals surface area contributed by atoms with E-state index < -0.39 is 0 Å². The summed E-state index contributed by atoms with van der Waals surface area (Å²) in [5.74, 6) is 1.34. The number of amides is 1. The van der Waals surface area contributed by atoms with E-state index in [4.69, 9.17) is 9.26 Å². The Morgan fingerprint density at radius 2 is 2.38 bits per heavy atom. The van der Waals surface area contributed by atoms with Gasteiger partial charge in [0.2, 0.25) is 0 Å². The van der Waals surface area contributed by atoms with E-state index in [1.54, 1.807) is 18.2 Å². The minimum atomic E-state index is -0.0666. The molecule has 0 unspecified atom stereocenters. The Balaban J connectivity index is 1.59. The molecule has 1 atom stereocenters. The fourth-order valence-corrected chi connectivity index (χ4v) is 3.13. The Morgan fingerprint density at radius 3 is 3.04 bits per heavy atom. The zero-order chi connectivity index (χ0) is 16.9. The molecule has 6 nitrogen and oxygen atoms in total. The van der Waals surface area contributed by atoms with E-state index in [0.717, 1.165) is 41.9 Å². The van der Waals surface area contributed by atoms with Crippen molar-refractivity contribution in [3.05, 3.63) is 45.8 Å². The van der Waals surface area contributed by atoms with E-state index in [1.165, 1.54) is 0 Å². The minimum absolute atomic E-state index is 0.0666. The summed E-state index contributed by atoms with van der Waals surface area (Å²) in [5.41, 5.74) is 1.34. The summed E-state index contributed by atoms with van der Waals surface area (Å²) in [7, 11) is 0. The number of carbonyl (C=O) groups excluding carboxylic acids is 1. The number of aromatic nitrogens is 1. The van der Waals surface area contributed by atoms with Crippen LogP contribution >= 0.6 is 15.9 Å². The predicted octanol–water partition coefficient (Wildman–Crippen LogP) is 2.81. The SMILES string of the molecule is Cc1cc(COc2ccc(C(=O)N[C@H]3CCCNC3)cc2Br)no1. The highest BCUT2D eigenvalue weighted by Gasteiger charge is 2.17. The van der Waals surface area contributed by atoms with Crippen LogP contribution in [0.15, 0.2) is 33.3 Å². The molecular formula is C17H20BrN3O3. The van der Waals surface area contributed by atoms with Gasteiger partial charge < -0.3 is 19.9 Å². The van der Waals surface area contributed by atoms with Crippen LogP contribution in [0.5, 0.6) is 5.75 Å². The Kier molecular flexibility index (Phi) is 5.52. The fourth-order valence-electron chi connectivity index (χ4n) is 2.64. The maximum atomic E-state index is 12.3. The van der Waals surface area contributed by atoms with Crippen LogP contribution in [0.3, 0.4) is 0 Å². The predicted molar refractivity (Wildman–Crippen MR) is 93.1 cm³/mol. The maximum absolute atomic E-state index is 12.3. The summed E-state index contributed by atoms with van der Waals surface area (Å²) in [5, 5.41) is 10.2. The molecule has 0 aliphatic carbocycles. The van der Waals surface area contributed by atoms with Gasteiger partial charge in [0.15, 0.2) is 0 Å². The quantitative estimate of drug-likeness (QED) is 0.816. The summed E-state index contributed by atoms with van der Waals surface area (Å²) in [4.78, 5) is 12.3. The number of hydrogen-bond donors (Lipinski definition) is 2. The zero-order valence-corrected chi connectivity index (χ0v) is 15.1. The van der Waals surface area contributed by atoms with Crippen molar-refractivity contribution >= 4 is 21.8 Å². The summed E-state index contributed by atoms with van der Waals surface area (Å²) >= 11 is 3.46. The van der Waals surface area contributed by atoms with E-state index in [-0.39, 0.29) is 11.9 Å². The van der Waals surface area contributed by atoms with Crippen LogP contribution in [0.4, 0.5) is 0 Å². The van der Waals surface area contributed by atoms with Crippen molar-refractivity contribution in [1.82, 2.24) is 15.8 Å². The molecule has 0 saturated carbocycles. The number of piperidine rings is 1. The topological polar surface area (TPSA) is 76.4 Å². The van der Waals surface area contributed by atoms with Crippen LogP contribution in [0.25, 0.3) is 0 Å². The number of aryl methyl sites for hydroxylation is 1. The lowest BCUT2D eigenvalue weighted by Crippen LogP contribution is -2.45. The summed E-state index contributed by atoms with van der Waals surface area (Å²) in [6.07, 6.45) is 2.10. The lowest BCUT2D eigenvalue weighted by Gasteiger charge is -2.23. The van der Waals surface area contributed by atoms with Gasteiger partial charge in [0, 0.05) is 24.2 Å². The second-order valence-electron chi connectivity index (χ2n) is 5.88. The van der Waals surface area contributed by atoms with Crippen molar-refractivity contribution in [3.63, 3.8) is 0 Å². The number of halogens is 1. The number of nitrogens with one attached hydrogen (secondary N) is 2. The highest BCUT2D eigenvalue weighted by Crippen LogP contribution is 2.27. The molecule has 1 aliphatic heterocycles. The Morgan fingerprint density at radius 1 is 1.50 bits per heavy atom. The summed E-state index contributed by atoms with van der Waals surface area (Å²) in [6.45, 7) is 4.00. The molecule has 7 heteroatoms. The number of ether oxygens (including phenoxy) is 1. The van der Waals surface area contributed by atoms with E-state index in [2.05, 4.69) is 31.7 Å². The van der Waals surface area contributed by atoms with Gasteiger partial charge in [0.25, 0.3) is 5.91 Å². The van der Waals surface area contributed by atoms with Crippen LogP contribution in [0.2, 0.25) is 0 Å². The number of nitrogens with zero attached hydrogens (tertiary/aromatic N) is 1. The average Bonchev–Trinajstić information content (AvgIpc) is 3.00. The molecule has 1 saturated heterocycles. The standard InChI is InChI=1S/C17H20BrN3O3/c1-11-7-14(21-24-11)10-23-16-5-4-12(8-15(16)18)17(22)20-13-3-2-6-19-9-13/h4-5,7-8,13,19H,2-3,6,9-10H2,1H3,(H,20,22)/t13-/m0/s1. The number of carbonyl (C=O) groups is 1. The van der Waals surface area contributed by atoms with Gasteiger partial charge in [-0.15, -0.1) is 0 Å². The van der Waals surface area contributed by atoms with E-state index in [1.807, 2.05) is 13.0 Å². The Bertz CT molecular complexity index is 711. The highest BCUT2D eigenvalue weighted by molar-refractivity contribution is 9.10. The number of rotatable bonds is 5. The van der Waals surface area contributed by atoms with Crippen LogP contribution in [-0.4, -0.2) is 30.2 Å². The maximum Gasteiger partial charge on any atom is 0.251 e. The number of hydrogen-bond acceptors (Lipinski definition) is 5. The molecule has 2 heterocycles. The van der Waals surface area contributed by atoms with Crippen molar-refractivity contribution in [2.24, 2.45) is 0 Å². The molecule has 0 spiro atoms. The lowest BCUT2D eigenvalue weighted by atomic mass is 10.1. The molecule has 1 aromatic heterocycles. The van der Waals surface area contributed by atoms with Crippen molar-refractivity contribution in [1.29, 1.82) is 0 Å². The van der Waals surface area contributed by atoms with Crippen molar-refractivity contribution in [2.75, 3.05) is 13.1 Å². The zero-order valence-electron chi connectivity index (χ0n) is 13.5. The fraction of sp³-hybridized carbons (Fsp3) is 0.412. The van der Waals surface area contributed by atoms with Gasteiger partial charge in [-0.3, -0.25) is 4.79 Å². The van der Waals surface area contributed by atoms with Crippen molar-refractivity contribution in [2.45, 2.75) is 32.4 Å². The molecule has 3 rings (SSSR count). The minimum Gasteiger partial charge on any atom is -0.486 e. The van der Waals surface area contributed by atoms with Gasteiger partial charge in [-0.25, -0.2) is 0 Å². The van der Waals surface area contributed by atoms with Gasteiger partial charge in [-0.2, -0.15) is 0 Å². The first-order valence-electron chi connectivity index (χ1n) is 7.98. The molecule has 1 aromatic carbocycles. The third kappa shape index (κ3) is 4.36. The Hall–Kier alpha value is -1.86. The first-order valence-corrected chi connectivity index (χ1v) is 8.77.